The van der Waals surface area contributed by atoms with Crippen molar-refractivity contribution in [3.8, 4) is 5.88 Å². The van der Waals surface area contributed by atoms with E-state index in [2.05, 4.69) is 10.3 Å². The fourth-order valence-corrected chi connectivity index (χ4v) is 1.26. The van der Waals surface area contributed by atoms with Crippen molar-refractivity contribution in [2.24, 2.45) is 0 Å². The van der Waals surface area contributed by atoms with Gasteiger partial charge in [0.1, 0.15) is 0 Å². The van der Waals surface area contributed by atoms with E-state index in [0.717, 1.165) is 12.1 Å². The zero-order chi connectivity index (χ0) is 14.3. The summed E-state index contributed by atoms with van der Waals surface area (Å²) >= 11 is 0. The molecule has 0 aliphatic rings. The van der Waals surface area contributed by atoms with Crippen LogP contribution in [0.3, 0.4) is 0 Å². The average Bonchev–Trinajstić information content (AvgIpc) is 2.31. The summed E-state index contributed by atoms with van der Waals surface area (Å²) in [4.78, 5) is 34.9. The number of hydrogen-bond acceptors (Lipinski definition) is 5. The number of aromatic amines is 1. The fourth-order valence-electron chi connectivity index (χ4n) is 1.26. The summed E-state index contributed by atoms with van der Waals surface area (Å²) in [5.74, 6) is -1.87. The molecule has 0 bridgehead atoms. The summed E-state index contributed by atoms with van der Waals surface area (Å²) in [5, 5.41) is 19.9. The number of carboxylic acids is 1. The molecule has 1 rings (SSSR count). The zero-order valence-corrected chi connectivity index (χ0v) is 10.0. The molecule has 0 aliphatic heterocycles. The van der Waals surface area contributed by atoms with Gasteiger partial charge in [-0.1, -0.05) is 0 Å². The number of aromatic hydroxyl groups is 1. The predicted octanol–water partition coefficient (Wildman–Crippen LogP) is -0.698. The molecular weight excluding hydrogens is 256 g/mol. The SMILES string of the molecule is O=C(O)CCOCCNC(=O)c1cc(O)[nH]c(=O)c1. The van der Waals surface area contributed by atoms with E-state index < -0.39 is 23.3 Å². The first-order valence-corrected chi connectivity index (χ1v) is 5.50. The molecule has 0 saturated carbocycles. The van der Waals surface area contributed by atoms with Crippen molar-refractivity contribution in [2.75, 3.05) is 19.8 Å². The van der Waals surface area contributed by atoms with Gasteiger partial charge in [0, 0.05) is 18.7 Å². The third-order valence-electron chi connectivity index (χ3n) is 2.08. The van der Waals surface area contributed by atoms with E-state index in [1.54, 1.807) is 0 Å². The van der Waals surface area contributed by atoms with Crippen LogP contribution in [-0.2, 0) is 9.53 Å². The first kappa shape index (κ1) is 14.7. The van der Waals surface area contributed by atoms with Gasteiger partial charge in [-0.05, 0) is 0 Å². The number of pyridine rings is 1. The van der Waals surface area contributed by atoms with Crippen molar-refractivity contribution in [2.45, 2.75) is 6.42 Å². The Labute approximate surface area is 108 Å². The van der Waals surface area contributed by atoms with E-state index in [0.29, 0.717) is 0 Å². The van der Waals surface area contributed by atoms with Crippen LogP contribution >= 0.6 is 0 Å². The number of carbonyl (C=O) groups excluding carboxylic acids is 1. The molecular formula is C11H14N2O6. The molecule has 4 N–H and O–H groups in total. The number of amides is 1. The number of rotatable bonds is 7. The molecule has 0 spiro atoms. The highest BCUT2D eigenvalue weighted by Gasteiger charge is 2.07. The number of carboxylic acid groups (broad SMARTS) is 1. The van der Waals surface area contributed by atoms with Crippen molar-refractivity contribution < 1.29 is 24.5 Å². The number of H-pyrrole nitrogens is 1. The van der Waals surface area contributed by atoms with Gasteiger partial charge in [-0.25, -0.2) is 0 Å². The van der Waals surface area contributed by atoms with Crippen LogP contribution in [0.1, 0.15) is 16.8 Å². The molecule has 1 amide bonds. The third-order valence-corrected chi connectivity index (χ3v) is 2.08. The van der Waals surface area contributed by atoms with Crippen LogP contribution in [0.4, 0.5) is 0 Å². The smallest absolute Gasteiger partial charge is 0.305 e. The molecule has 0 aliphatic carbocycles. The maximum atomic E-state index is 11.6. The number of nitrogens with one attached hydrogen (secondary N) is 2. The van der Waals surface area contributed by atoms with E-state index in [1.807, 2.05) is 0 Å². The van der Waals surface area contributed by atoms with Gasteiger partial charge in [0.2, 0.25) is 0 Å². The Morgan fingerprint density at radius 1 is 1.32 bits per heavy atom. The molecule has 104 valence electrons. The first-order chi connectivity index (χ1) is 8.99. The number of aromatic nitrogens is 1. The maximum absolute atomic E-state index is 11.6. The van der Waals surface area contributed by atoms with E-state index in [1.165, 1.54) is 0 Å². The second-order valence-corrected chi connectivity index (χ2v) is 3.63. The van der Waals surface area contributed by atoms with Crippen molar-refractivity contribution in [3.63, 3.8) is 0 Å². The molecule has 0 saturated heterocycles. The lowest BCUT2D eigenvalue weighted by Crippen LogP contribution is -2.28. The summed E-state index contributed by atoms with van der Waals surface area (Å²) in [5.41, 5.74) is -0.547. The Bertz CT molecular complexity index is 510. The van der Waals surface area contributed by atoms with Gasteiger partial charge in [-0.15, -0.1) is 0 Å². The standard InChI is InChI=1S/C11H14N2O6/c14-8-5-7(6-9(15)13-8)11(18)12-2-4-19-3-1-10(16)17/h5-6H,1-4H2,(H,12,18)(H,16,17)(H2,13,14,15). The second kappa shape index (κ2) is 7.17. The number of hydrogen-bond donors (Lipinski definition) is 4. The number of aliphatic carboxylic acids is 1. The van der Waals surface area contributed by atoms with Crippen molar-refractivity contribution >= 4 is 11.9 Å². The lowest BCUT2D eigenvalue weighted by atomic mass is 10.2. The molecule has 19 heavy (non-hydrogen) atoms. The summed E-state index contributed by atoms with van der Waals surface area (Å²) < 4.78 is 4.97. The lowest BCUT2D eigenvalue weighted by molar-refractivity contribution is -0.138. The quantitative estimate of drug-likeness (QED) is 0.485. The Morgan fingerprint density at radius 3 is 2.68 bits per heavy atom. The molecule has 1 heterocycles. The third kappa shape index (κ3) is 5.68. The molecule has 0 aromatic carbocycles. The molecule has 1 aromatic heterocycles. The molecule has 0 radical (unpaired) electrons. The fraction of sp³-hybridized carbons (Fsp3) is 0.364. The Kier molecular flexibility index (Phi) is 5.55. The van der Waals surface area contributed by atoms with Crippen LogP contribution in [-0.4, -0.2) is 46.8 Å². The molecule has 1 aromatic rings. The highest BCUT2D eigenvalue weighted by molar-refractivity contribution is 5.94. The summed E-state index contributed by atoms with van der Waals surface area (Å²) in [7, 11) is 0. The van der Waals surface area contributed by atoms with Crippen molar-refractivity contribution in [3.05, 3.63) is 28.0 Å². The number of carbonyl (C=O) groups is 2. The van der Waals surface area contributed by atoms with E-state index in [9.17, 15) is 14.4 Å². The van der Waals surface area contributed by atoms with Gasteiger partial charge in [0.25, 0.3) is 11.5 Å². The number of ether oxygens (including phenoxy) is 1. The van der Waals surface area contributed by atoms with Crippen LogP contribution in [0.25, 0.3) is 0 Å². The lowest BCUT2D eigenvalue weighted by Gasteiger charge is -2.05. The van der Waals surface area contributed by atoms with Crippen molar-refractivity contribution in [1.29, 1.82) is 0 Å². The monoisotopic (exact) mass is 270 g/mol. The van der Waals surface area contributed by atoms with Crippen LogP contribution in [0.15, 0.2) is 16.9 Å². The van der Waals surface area contributed by atoms with E-state index in [4.69, 9.17) is 14.9 Å². The Hall–Kier alpha value is -2.35. The Balaban J connectivity index is 2.31. The normalized spacial score (nSPS) is 10.1. The Morgan fingerprint density at radius 2 is 2.05 bits per heavy atom. The van der Waals surface area contributed by atoms with Gasteiger partial charge in [0.15, 0.2) is 5.88 Å². The van der Waals surface area contributed by atoms with Gasteiger partial charge >= 0.3 is 5.97 Å². The molecule has 8 heteroatoms. The first-order valence-electron chi connectivity index (χ1n) is 5.50. The molecule has 0 unspecified atom stereocenters. The van der Waals surface area contributed by atoms with Crippen LogP contribution in [0, 0.1) is 0 Å². The van der Waals surface area contributed by atoms with Gasteiger partial charge < -0.3 is 20.3 Å². The summed E-state index contributed by atoms with van der Waals surface area (Å²) in [6.07, 6.45) is -0.101. The van der Waals surface area contributed by atoms with E-state index >= 15 is 0 Å². The van der Waals surface area contributed by atoms with Crippen LogP contribution in [0.5, 0.6) is 5.88 Å². The van der Waals surface area contributed by atoms with Crippen LogP contribution in [0.2, 0.25) is 0 Å². The van der Waals surface area contributed by atoms with Gasteiger partial charge in [-0.3, -0.25) is 19.4 Å². The average molecular weight is 270 g/mol. The second-order valence-electron chi connectivity index (χ2n) is 3.63. The van der Waals surface area contributed by atoms with E-state index in [-0.39, 0.29) is 31.7 Å². The summed E-state index contributed by atoms with van der Waals surface area (Å²) in [6, 6.07) is 2.18. The van der Waals surface area contributed by atoms with Gasteiger partial charge in [0.05, 0.1) is 25.2 Å². The zero-order valence-electron chi connectivity index (χ0n) is 10.0. The minimum absolute atomic E-state index is 0.0341. The molecule has 0 fully saturated rings. The van der Waals surface area contributed by atoms with Crippen LogP contribution < -0.4 is 10.9 Å². The topological polar surface area (TPSA) is 129 Å². The minimum atomic E-state index is -0.956. The summed E-state index contributed by atoms with van der Waals surface area (Å²) in [6.45, 7) is 0.400. The van der Waals surface area contributed by atoms with Crippen molar-refractivity contribution in [1.82, 2.24) is 10.3 Å². The highest BCUT2D eigenvalue weighted by atomic mass is 16.5. The highest BCUT2D eigenvalue weighted by Crippen LogP contribution is 2.03. The predicted molar refractivity (Wildman–Crippen MR) is 64.1 cm³/mol. The molecule has 8 nitrogen and oxygen atoms in total. The van der Waals surface area contributed by atoms with Gasteiger partial charge in [-0.2, -0.15) is 0 Å². The largest absolute Gasteiger partial charge is 0.494 e. The maximum Gasteiger partial charge on any atom is 0.305 e. The minimum Gasteiger partial charge on any atom is -0.494 e. The molecule has 0 atom stereocenters.